The third-order valence-electron chi connectivity index (χ3n) is 3.08. The average Bonchev–Trinajstić information content (AvgIpc) is 2.28. The lowest BCUT2D eigenvalue weighted by molar-refractivity contribution is 0.0813. The lowest BCUT2D eigenvalue weighted by atomic mass is 9.88. The number of rotatable bonds is 3. The Kier molecular flexibility index (Phi) is 3.54. The smallest absolute Gasteiger partial charge is 0.129 e. The van der Waals surface area contributed by atoms with Crippen molar-refractivity contribution in [1.82, 2.24) is 5.32 Å². The molecule has 0 fully saturated rings. The summed E-state index contributed by atoms with van der Waals surface area (Å²) in [4.78, 5) is 0. The third-order valence-corrected chi connectivity index (χ3v) is 3.57. The van der Waals surface area contributed by atoms with Gasteiger partial charge in [0.05, 0.1) is 0 Å². The summed E-state index contributed by atoms with van der Waals surface area (Å²) < 4.78 is 7.03. The fourth-order valence-corrected chi connectivity index (χ4v) is 2.49. The van der Waals surface area contributed by atoms with Crippen LogP contribution in [0.2, 0.25) is 0 Å². The van der Waals surface area contributed by atoms with Crippen LogP contribution in [0.3, 0.4) is 0 Å². The fraction of sp³-hybridized carbons (Fsp3) is 0.462. The van der Waals surface area contributed by atoms with Gasteiger partial charge in [0.15, 0.2) is 0 Å². The van der Waals surface area contributed by atoms with E-state index in [0.29, 0.717) is 12.1 Å². The van der Waals surface area contributed by atoms with Crippen molar-refractivity contribution in [2.24, 2.45) is 0 Å². The summed E-state index contributed by atoms with van der Waals surface area (Å²) in [5, 5.41) is 11.3. The molecule has 0 spiro atoms. The van der Waals surface area contributed by atoms with Gasteiger partial charge >= 0.3 is 0 Å². The van der Waals surface area contributed by atoms with Gasteiger partial charge in [0.25, 0.3) is 0 Å². The summed E-state index contributed by atoms with van der Waals surface area (Å²) in [7, 11) is 1.93. The molecule has 0 aromatic heterocycles. The Balaban J connectivity index is 2.27. The predicted octanol–water partition coefficient (Wildman–Crippen LogP) is 2.97. The van der Waals surface area contributed by atoms with E-state index in [0.717, 1.165) is 28.8 Å². The normalized spacial score (nSPS) is 23.1. The van der Waals surface area contributed by atoms with Gasteiger partial charge < -0.3 is 15.5 Å². The number of hydrogen-bond acceptors (Lipinski definition) is 3. The molecular weight excluding hydrogens is 280 g/mol. The summed E-state index contributed by atoms with van der Waals surface area (Å²) in [5.41, 5.74) is 1.30. The molecule has 17 heavy (non-hydrogen) atoms. The average molecular weight is 297 g/mol. The lowest BCUT2D eigenvalue weighted by Crippen LogP contribution is -2.41. The van der Waals surface area contributed by atoms with Crippen molar-refractivity contribution < 1.29 is 4.74 Å². The molecule has 2 rings (SSSR count). The maximum absolute atomic E-state index is 8.14. The molecule has 92 valence electrons. The molecule has 0 saturated carbocycles. The minimum atomic E-state index is -0.263. The van der Waals surface area contributed by atoms with Crippen molar-refractivity contribution in [2.75, 3.05) is 13.6 Å². The van der Waals surface area contributed by atoms with E-state index in [1.54, 1.807) is 0 Å². The van der Waals surface area contributed by atoms with Crippen LogP contribution in [0.15, 0.2) is 22.7 Å². The van der Waals surface area contributed by atoms with Crippen LogP contribution in [0, 0.1) is 5.41 Å². The number of halogens is 1. The molecule has 0 amide bonds. The largest absolute Gasteiger partial charge is 0.486 e. The van der Waals surface area contributed by atoms with Crippen LogP contribution >= 0.6 is 15.9 Å². The Morgan fingerprint density at radius 3 is 3.00 bits per heavy atom. The Morgan fingerprint density at radius 2 is 2.29 bits per heavy atom. The molecule has 1 heterocycles. The van der Waals surface area contributed by atoms with Crippen molar-refractivity contribution in [2.45, 2.75) is 25.4 Å². The Labute approximate surface area is 110 Å². The van der Waals surface area contributed by atoms with E-state index >= 15 is 0 Å². The Morgan fingerprint density at radius 1 is 1.53 bits per heavy atom. The molecule has 1 aromatic carbocycles. The molecule has 1 atom stereocenters. The predicted molar refractivity (Wildman–Crippen MR) is 73.2 cm³/mol. The van der Waals surface area contributed by atoms with E-state index in [9.17, 15) is 0 Å². The van der Waals surface area contributed by atoms with Crippen LogP contribution in [0.5, 0.6) is 5.75 Å². The fourth-order valence-electron chi connectivity index (χ4n) is 2.13. The summed E-state index contributed by atoms with van der Waals surface area (Å²) in [6.45, 7) is 2.97. The zero-order valence-electron chi connectivity index (χ0n) is 10.1. The van der Waals surface area contributed by atoms with E-state index in [4.69, 9.17) is 10.1 Å². The number of fused-ring (bicyclic) bond motifs is 1. The topological polar surface area (TPSA) is 45.1 Å². The Bertz CT molecular complexity index is 447. The van der Waals surface area contributed by atoms with Crippen LogP contribution in [-0.2, 0) is 0 Å². The van der Waals surface area contributed by atoms with Gasteiger partial charge in [-0.05, 0) is 45.1 Å². The highest BCUT2D eigenvalue weighted by molar-refractivity contribution is 9.10. The zero-order chi connectivity index (χ0) is 12.5. The third kappa shape index (κ3) is 2.69. The van der Waals surface area contributed by atoms with Crippen LogP contribution < -0.4 is 10.1 Å². The summed E-state index contributed by atoms with van der Waals surface area (Å²) in [6, 6.07) is 5.84. The second-order valence-electron chi connectivity index (χ2n) is 4.70. The van der Waals surface area contributed by atoms with Gasteiger partial charge in [0.2, 0.25) is 0 Å². The van der Waals surface area contributed by atoms with Crippen molar-refractivity contribution in [3.63, 3.8) is 0 Å². The standard InChI is InChI=1S/C13H17BrN2O/c1-13(5-6-16-2)8-11(15)10-7-9(14)3-4-12(10)17-13/h3-4,7,15-16H,5-6,8H2,1-2H3. The number of nitrogens with one attached hydrogen (secondary N) is 2. The van der Waals surface area contributed by atoms with E-state index < -0.39 is 0 Å². The van der Waals surface area contributed by atoms with Gasteiger partial charge in [-0.2, -0.15) is 0 Å². The summed E-state index contributed by atoms with van der Waals surface area (Å²) in [6.07, 6.45) is 1.57. The van der Waals surface area contributed by atoms with Crippen LogP contribution in [-0.4, -0.2) is 24.9 Å². The first-order chi connectivity index (χ1) is 8.04. The second kappa shape index (κ2) is 4.78. The molecule has 4 heteroatoms. The molecule has 1 unspecified atom stereocenters. The van der Waals surface area contributed by atoms with Gasteiger partial charge in [0, 0.05) is 22.2 Å². The summed E-state index contributed by atoms with van der Waals surface area (Å²) >= 11 is 3.43. The van der Waals surface area contributed by atoms with Gasteiger partial charge in [-0.25, -0.2) is 0 Å². The minimum Gasteiger partial charge on any atom is -0.486 e. The van der Waals surface area contributed by atoms with Crippen molar-refractivity contribution in [1.29, 1.82) is 5.41 Å². The highest BCUT2D eigenvalue weighted by Crippen LogP contribution is 2.36. The van der Waals surface area contributed by atoms with Crippen LogP contribution in [0.1, 0.15) is 25.3 Å². The molecule has 2 N–H and O–H groups in total. The number of benzene rings is 1. The van der Waals surface area contributed by atoms with Crippen LogP contribution in [0.25, 0.3) is 0 Å². The maximum atomic E-state index is 8.14. The van der Waals surface area contributed by atoms with Gasteiger partial charge in [-0.1, -0.05) is 15.9 Å². The first kappa shape index (κ1) is 12.6. The highest BCUT2D eigenvalue weighted by Gasteiger charge is 2.34. The molecule has 1 aromatic rings. The van der Waals surface area contributed by atoms with Crippen molar-refractivity contribution in [3.05, 3.63) is 28.2 Å². The highest BCUT2D eigenvalue weighted by atomic mass is 79.9. The van der Waals surface area contributed by atoms with Gasteiger partial charge in [-0.3, -0.25) is 0 Å². The lowest BCUT2D eigenvalue weighted by Gasteiger charge is -2.36. The second-order valence-corrected chi connectivity index (χ2v) is 5.62. The van der Waals surface area contributed by atoms with E-state index in [-0.39, 0.29) is 5.60 Å². The molecular formula is C13H17BrN2O. The minimum absolute atomic E-state index is 0.263. The molecule has 1 aliphatic rings. The van der Waals surface area contributed by atoms with Crippen molar-refractivity contribution >= 4 is 21.6 Å². The van der Waals surface area contributed by atoms with Crippen LogP contribution in [0.4, 0.5) is 0 Å². The molecule has 0 aliphatic carbocycles. The SMILES string of the molecule is CNCCC1(C)CC(=N)c2cc(Br)ccc2O1. The van der Waals surface area contributed by atoms with Crippen molar-refractivity contribution in [3.8, 4) is 5.75 Å². The van der Waals surface area contributed by atoms with Gasteiger partial charge in [-0.15, -0.1) is 0 Å². The first-order valence-electron chi connectivity index (χ1n) is 5.75. The molecule has 0 saturated heterocycles. The molecule has 1 aliphatic heterocycles. The molecule has 0 bridgehead atoms. The van der Waals surface area contributed by atoms with Gasteiger partial charge in [0.1, 0.15) is 11.4 Å². The number of ether oxygens (including phenoxy) is 1. The van der Waals surface area contributed by atoms with E-state index in [1.165, 1.54) is 0 Å². The monoisotopic (exact) mass is 296 g/mol. The zero-order valence-corrected chi connectivity index (χ0v) is 11.7. The molecule has 3 nitrogen and oxygen atoms in total. The van der Waals surface area contributed by atoms with E-state index in [1.807, 2.05) is 25.2 Å². The molecule has 0 radical (unpaired) electrons. The maximum Gasteiger partial charge on any atom is 0.129 e. The number of hydrogen-bond donors (Lipinski definition) is 2. The summed E-state index contributed by atoms with van der Waals surface area (Å²) in [5.74, 6) is 0.822. The Hall–Kier alpha value is -0.870. The first-order valence-corrected chi connectivity index (χ1v) is 6.54. The quantitative estimate of drug-likeness (QED) is 0.901. The van der Waals surface area contributed by atoms with E-state index in [2.05, 4.69) is 28.2 Å².